The molecule has 3 rings (SSSR count). The first-order chi connectivity index (χ1) is 12.0. The van der Waals surface area contributed by atoms with Gasteiger partial charge in [0.2, 0.25) is 5.91 Å². The molecule has 0 saturated heterocycles. The van der Waals surface area contributed by atoms with E-state index in [0.717, 1.165) is 35.9 Å². The molecule has 0 aromatic carbocycles. The summed E-state index contributed by atoms with van der Waals surface area (Å²) in [7, 11) is 1.35. The SMILES string of the molecule is CCC(C(=O)NC1CCCCC1)n1c(C(=O)OC)cc2sc(Cl)cc21. The Bertz CT molecular complexity index is 777. The van der Waals surface area contributed by atoms with E-state index in [1.807, 2.05) is 13.0 Å². The highest BCUT2D eigenvalue weighted by molar-refractivity contribution is 7.22. The minimum Gasteiger partial charge on any atom is -0.464 e. The lowest BCUT2D eigenvalue weighted by Crippen LogP contribution is -2.41. The number of amides is 1. The van der Waals surface area contributed by atoms with Crippen LogP contribution in [0.3, 0.4) is 0 Å². The molecule has 1 N–H and O–H groups in total. The van der Waals surface area contributed by atoms with E-state index in [0.29, 0.717) is 16.5 Å². The van der Waals surface area contributed by atoms with Gasteiger partial charge in [-0.1, -0.05) is 37.8 Å². The standard InChI is InChI=1S/C18H23ClN2O3S/c1-3-12(17(22)20-11-7-5-4-6-8-11)21-13-10-16(19)25-15(13)9-14(21)18(23)24-2/h9-12H,3-8H2,1-2H3,(H,20,22). The van der Waals surface area contributed by atoms with Crippen LogP contribution in [-0.2, 0) is 9.53 Å². The number of nitrogens with zero attached hydrogens (tertiary/aromatic N) is 1. The summed E-state index contributed by atoms with van der Waals surface area (Å²) in [5, 5.41) is 3.17. The number of esters is 1. The molecular formula is C18H23ClN2O3S. The Hall–Kier alpha value is -1.53. The van der Waals surface area contributed by atoms with E-state index in [1.54, 1.807) is 10.6 Å². The summed E-state index contributed by atoms with van der Waals surface area (Å²) in [6, 6.07) is 3.34. The molecule has 2 aromatic heterocycles. The number of fused-ring (bicyclic) bond motifs is 1. The summed E-state index contributed by atoms with van der Waals surface area (Å²) in [5.41, 5.74) is 1.20. The Kier molecular flexibility index (Phi) is 5.69. The van der Waals surface area contributed by atoms with Crippen molar-refractivity contribution >= 4 is 45.0 Å². The van der Waals surface area contributed by atoms with Crippen molar-refractivity contribution in [2.45, 2.75) is 57.5 Å². The average Bonchev–Trinajstić information content (AvgIpc) is 3.13. The van der Waals surface area contributed by atoms with Gasteiger partial charge in [-0.2, -0.15) is 0 Å². The molecule has 1 saturated carbocycles. The fourth-order valence-corrected chi connectivity index (χ4v) is 4.77. The first kappa shape index (κ1) is 18.3. The third-order valence-electron chi connectivity index (χ3n) is 4.84. The first-order valence-electron chi connectivity index (χ1n) is 8.74. The van der Waals surface area contributed by atoms with Gasteiger partial charge in [-0.15, -0.1) is 11.3 Å². The molecule has 0 spiro atoms. The Morgan fingerprint density at radius 1 is 1.36 bits per heavy atom. The van der Waals surface area contributed by atoms with Crippen molar-refractivity contribution in [3.05, 3.63) is 22.2 Å². The van der Waals surface area contributed by atoms with Gasteiger partial charge in [-0.3, -0.25) is 4.79 Å². The fourth-order valence-electron chi connectivity index (χ4n) is 3.61. The van der Waals surface area contributed by atoms with E-state index >= 15 is 0 Å². The quantitative estimate of drug-likeness (QED) is 0.772. The molecule has 136 valence electrons. The fraction of sp³-hybridized carbons (Fsp3) is 0.556. The second kappa shape index (κ2) is 7.79. The minimum atomic E-state index is -0.459. The van der Waals surface area contributed by atoms with E-state index in [4.69, 9.17) is 16.3 Å². The third-order valence-corrected chi connectivity index (χ3v) is 6.04. The van der Waals surface area contributed by atoms with Gasteiger partial charge < -0.3 is 14.6 Å². The van der Waals surface area contributed by atoms with Crippen molar-refractivity contribution in [3.63, 3.8) is 0 Å². The number of thiophene rings is 1. The molecule has 7 heteroatoms. The van der Waals surface area contributed by atoms with Crippen LogP contribution in [0.5, 0.6) is 0 Å². The van der Waals surface area contributed by atoms with Crippen LogP contribution in [0.2, 0.25) is 4.34 Å². The lowest BCUT2D eigenvalue weighted by Gasteiger charge is -2.26. The summed E-state index contributed by atoms with van der Waals surface area (Å²) in [6.45, 7) is 1.95. The highest BCUT2D eigenvalue weighted by Gasteiger charge is 2.29. The second-order valence-corrected chi connectivity index (χ2v) is 8.17. The molecule has 0 radical (unpaired) electrons. The number of carbonyl (C=O) groups excluding carboxylic acids is 2. The zero-order valence-corrected chi connectivity index (χ0v) is 16.1. The first-order valence-corrected chi connectivity index (χ1v) is 9.93. The largest absolute Gasteiger partial charge is 0.464 e. The van der Waals surface area contributed by atoms with E-state index in [2.05, 4.69) is 5.32 Å². The van der Waals surface area contributed by atoms with Crippen molar-refractivity contribution in [2.24, 2.45) is 0 Å². The molecule has 1 atom stereocenters. The van der Waals surface area contributed by atoms with Gasteiger partial charge >= 0.3 is 5.97 Å². The van der Waals surface area contributed by atoms with Crippen molar-refractivity contribution in [1.82, 2.24) is 9.88 Å². The Morgan fingerprint density at radius 2 is 2.08 bits per heavy atom. The maximum atomic E-state index is 12.9. The molecule has 1 aliphatic carbocycles. The van der Waals surface area contributed by atoms with E-state index in [9.17, 15) is 9.59 Å². The van der Waals surface area contributed by atoms with Gasteiger partial charge in [0, 0.05) is 6.04 Å². The van der Waals surface area contributed by atoms with Crippen LogP contribution >= 0.6 is 22.9 Å². The van der Waals surface area contributed by atoms with Crippen LogP contribution in [0.15, 0.2) is 12.1 Å². The zero-order valence-electron chi connectivity index (χ0n) is 14.5. The highest BCUT2D eigenvalue weighted by Crippen LogP contribution is 2.35. The molecule has 2 aromatic rings. The van der Waals surface area contributed by atoms with Gasteiger partial charge in [0.1, 0.15) is 11.7 Å². The predicted octanol–water partition coefficient (Wildman–Crippen LogP) is 4.54. The number of hydrogen-bond donors (Lipinski definition) is 1. The number of ether oxygens (including phenoxy) is 1. The summed E-state index contributed by atoms with van der Waals surface area (Å²) in [5.74, 6) is -0.484. The molecule has 0 aliphatic heterocycles. The van der Waals surface area contributed by atoms with Crippen LogP contribution in [0.25, 0.3) is 10.2 Å². The smallest absolute Gasteiger partial charge is 0.354 e. The molecule has 2 heterocycles. The Balaban J connectivity index is 1.95. The van der Waals surface area contributed by atoms with Crippen molar-refractivity contribution in [3.8, 4) is 0 Å². The van der Waals surface area contributed by atoms with Gasteiger partial charge in [0.25, 0.3) is 0 Å². The van der Waals surface area contributed by atoms with Crippen LogP contribution < -0.4 is 5.32 Å². The van der Waals surface area contributed by atoms with Crippen LogP contribution in [0.4, 0.5) is 0 Å². The molecule has 25 heavy (non-hydrogen) atoms. The number of methoxy groups -OCH3 is 1. The molecule has 1 fully saturated rings. The maximum Gasteiger partial charge on any atom is 0.354 e. The number of halogens is 1. The number of hydrogen-bond acceptors (Lipinski definition) is 4. The number of aromatic nitrogens is 1. The van der Waals surface area contributed by atoms with E-state index in [1.165, 1.54) is 24.9 Å². The average molecular weight is 383 g/mol. The van der Waals surface area contributed by atoms with Crippen molar-refractivity contribution in [2.75, 3.05) is 7.11 Å². The highest BCUT2D eigenvalue weighted by atomic mass is 35.5. The Labute approximate surface area is 156 Å². The maximum absolute atomic E-state index is 12.9. The van der Waals surface area contributed by atoms with Gasteiger partial charge in [-0.25, -0.2) is 4.79 Å². The predicted molar refractivity (Wildman–Crippen MR) is 101 cm³/mol. The number of carbonyl (C=O) groups is 2. The number of rotatable bonds is 5. The molecule has 1 amide bonds. The molecule has 5 nitrogen and oxygen atoms in total. The molecule has 1 unspecified atom stereocenters. The molecule has 0 bridgehead atoms. The zero-order chi connectivity index (χ0) is 18.0. The topological polar surface area (TPSA) is 60.3 Å². The van der Waals surface area contributed by atoms with Crippen LogP contribution in [0.1, 0.15) is 62.0 Å². The van der Waals surface area contributed by atoms with Crippen LogP contribution in [0, 0.1) is 0 Å². The van der Waals surface area contributed by atoms with E-state index < -0.39 is 12.0 Å². The van der Waals surface area contributed by atoms with Gasteiger partial charge in [-0.05, 0) is 31.4 Å². The Morgan fingerprint density at radius 3 is 2.72 bits per heavy atom. The minimum absolute atomic E-state index is 0.0422. The summed E-state index contributed by atoms with van der Waals surface area (Å²) >= 11 is 7.53. The van der Waals surface area contributed by atoms with Crippen molar-refractivity contribution < 1.29 is 14.3 Å². The number of nitrogens with one attached hydrogen (secondary N) is 1. The molecule has 1 aliphatic rings. The molecular weight excluding hydrogens is 360 g/mol. The summed E-state index contributed by atoms with van der Waals surface area (Å²) in [6.07, 6.45) is 6.18. The lowest BCUT2D eigenvalue weighted by atomic mass is 9.95. The third kappa shape index (κ3) is 3.70. The monoisotopic (exact) mass is 382 g/mol. The van der Waals surface area contributed by atoms with E-state index in [-0.39, 0.29) is 11.9 Å². The summed E-state index contributed by atoms with van der Waals surface area (Å²) in [4.78, 5) is 25.2. The second-order valence-electron chi connectivity index (χ2n) is 6.46. The van der Waals surface area contributed by atoms with Crippen molar-refractivity contribution in [1.29, 1.82) is 0 Å². The summed E-state index contributed by atoms with van der Waals surface area (Å²) < 4.78 is 8.21. The van der Waals surface area contributed by atoms with Gasteiger partial charge in [0.05, 0.1) is 21.7 Å². The van der Waals surface area contributed by atoms with Gasteiger partial charge in [0.15, 0.2) is 0 Å². The lowest BCUT2D eigenvalue weighted by molar-refractivity contribution is -0.125. The van der Waals surface area contributed by atoms with Crippen LogP contribution in [-0.4, -0.2) is 29.6 Å². The normalized spacial score (nSPS) is 16.8.